The second kappa shape index (κ2) is 7.77. The summed E-state index contributed by atoms with van der Waals surface area (Å²) in [6.07, 6.45) is 7.30. The lowest BCUT2D eigenvalue weighted by molar-refractivity contribution is 0.702. The molecule has 0 N–H and O–H groups in total. The number of hydrogen-bond donors (Lipinski definition) is 0. The maximum absolute atomic E-state index is 4.26. The van der Waals surface area contributed by atoms with Crippen LogP contribution in [0.2, 0.25) is 0 Å². The zero-order valence-electron chi connectivity index (χ0n) is 11.1. The molecule has 0 aliphatic heterocycles. The molecule has 2 aromatic heterocycles. The van der Waals surface area contributed by atoms with Crippen molar-refractivity contribution in [2.45, 2.75) is 46.5 Å². The van der Waals surface area contributed by atoms with Crippen LogP contribution in [0.3, 0.4) is 0 Å². The van der Waals surface area contributed by atoms with E-state index in [4.69, 9.17) is 0 Å². The predicted octanol–water partition coefficient (Wildman–Crippen LogP) is 4.52. The average Bonchev–Trinajstić information content (AvgIpc) is 2.37. The van der Waals surface area contributed by atoms with E-state index < -0.39 is 0 Å². The summed E-state index contributed by atoms with van der Waals surface area (Å²) in [5.41, 5.74) is 1.84. The molecule has 2 nitrogen and oxygen atoms in total. The second-order valence-corrected chi connectivity index (χ2v) is 4.21. The molecule has 0 aliphatic rings. The van der Waals surface area contributed by atoms with Crippen molar-refractivity contribution >= 4 is 11.0 Å². The van der Waals surface area contributed by atoms with Crippen molar-refractivity contribution in [1.82, 2.24) is 9.97 Å². The van der Waals surface area contributed by atoms with Crippen LogP contribution in [-0.4, -0.2) is 9.97 Å². The third-order valence-electron chi connectivity index (χ3n) is 2.56. The molecular formula is C15H22N2. The maximum Gasteiger partial charge on any atom is 0.159 e. The van der Waals surface area contributed by atoms with E-state index in [1.165, 1.54) is 25.7 Å². The van der Waals surface area contributed by atoms with E-state index in [-0.39, 0.29) is 0 Å². The monoisotopic (exact) mass is 230 g/mol. The molecule has 2 heterocycles. The number of aryl methyl sites for hydroxylation is 1. The van der Waals surface area contributed by atoms with E-state index in [1.54, 1.807) is 6.20 Å². The molecule has 2 rings (SSSR count). The summed E-state index contributed by atoms with van der Waals surface area (Å²) in [5.74, 6) is 0. The molecule has 0 aromatic carbocycles. The molecule has 0 saturated carbocycles. The highest BCUT2D eigenvalue weighted by molar-refractivity contribution is 5.73. The minimum Gasteiger partial charge on any atom is -0.237 e. The molecule has 0 spiro atoms. The lowest BCUT2D eigenvalue weighted by atomic mass is 10.2. The summed E-state index contributed by atoms with van der Waals surface area (Å²) in [6.45, 7) is 6.43. The zero-order valence-corrected chi connectivity index (χ0v) is 11.1. The predicted molar refractivity (Wildman–Crippen MR) is 74.1 cm³/mol. The molecular weight excluding hydrogens is 208 g/mol. The Bertz CT molecular complexity index is 434. The van der Waals surface area contributed by atoms with Gasteiger partial charge in [-0.25, -0.2) is 9.97 Å². The number of rotatable bonds is 3. The lowest BCUT2D eigenvalue weighted by Crippen LogP contribution is -1.84. The first-order valence-electron chi connectivity index (χ1n) is 6.46. The van der Waals surface area contributed by atoms with Gasteiger partial charge in [-0.1, -0.05) is 39.5 Å². The second-order valence-electron chi connectivity index (χ2n) is 4.21. The first kappa shape index (κ1) is 13.6. The van der Waals surface area contributed by atoms with Crippen LogP contribution < -0.4 is 0 Å². The molecule has 0 saturated heterocycles. The number of hydrogen-bond acceptors (Lipinski definition) is 2. The van der Waals surface area contributed by atoms with E-state index in [0.29, 0.717) is 0 Å². The Morgan fingerprint density at radius 1 is 1.00 bits per heavy atom. The van der Waals surface area contributed by atoms with Gasteiger partial charge in [-0.2, -0.15) is 0 Å². The van der Waals surface area contributed by atoms with Crippen molar-refractivity contribution in [2.24, 2.45) is 0 Å². The van der Waals surface area contributed by atoms with Crippen LogP contribution in [0.1, 0.15) is 45.2 Å². The molecule has 0 bridgehead atoms. The topological polar surface area (TPSA) is 25.8 Å². The van der Waals surface area contributed by atoms with Gasteiger partial charge in [0.1, 0.15) is 0 Å². The van der Waals surface area contributed by atoms with Crippen molar-refractivity contribution in [2.75, 3.05) is 0 Å². The summed E-state index contributed by atoms with van der Waals surface area (Å²) < 4.78 is 0. The summed E-state index contributed by atoms with van der Waals surface area (Å²) in [7, 11) is 0. The van der Waals surface area contributed by atoms with Crippen molar-refractivity contribution < 1.29 is 0 Å². The van der Waals surface area contributed by atoms with Crippen LogP contribution in [-0.2, 0) is 0 Å². The highest BCUT2D eigenvalue weighted by Gasteiger charge is 1.92. The zero-order chi connectivity index (χ0) is 12.5. The van der Waals surface area contributed by atoms with Crippen molar-refractivity contribution in [3.8, 4) is 0 Å². The number of nitrogens with zero attached hydrogens (tertiary/aromatic N) is 2. The third-order valence-corrected chi connectivity index (χ3v) is 2.56. The highest BCUT2D eigenvalue weighted by atomic mass is 14.8. The first-order chi connectivity index (χ1) is 8.27. The molecule has 2 heteroatoms. The standard InChI is InChI=1S/C9H8N2.C6H14/c1-7-4-5-8-3-2-6-10-9(8)11-7;1-3-5-6-4-2/h2-6H,1H3;3-6H2,1-2H3. The van der Waals surface area contributed by atoms with Crippen molar-refractivity contribution in [3.05, 3.63) is 36.2 Å². The van der Waals surface area contributed by atoms with Gasteiger partial charge in [-0.3, -0.25) is 0 Å². The molecule has 92 valence electrons. The summed E-state index contributed by atoms with van der Waals surface area (Å²) >= 11 is 0. The molecule has 0 amide bonds. The highest BCUT2D eigenvalue weighted by Crippen LogP contribution is 2.07. The molecule has 2 aromatic rings. The van der Waals surface area contributed by atoms with E-state index >= 15 is 0 Å². The van der Waals surface area contributed by atoms with E-state index in [9.17, 15) is 0 Å². The Hall–Kier alpha value is -1.44. The Labute approximate surface area is 104 Å². The third kappa shape index (κ3) is 4.94. The lowest BCUT2D eigenvalue weighted by Gasteiger charge is -1.94. The number of pyridine rings is 2. The fourth-order valence-corrected chi connectivity index (χ4v) is 1.55. The van der Waals surface area contributed by atoms with Crippen LogP contribution in [0.4, 0.5) is 0 Å². The summed E-state index contributed by atoms with van der Waals surface area (Å²) in [5, 5.41) is 1.10. The molecule has 0 radical (unpaired) electrons. The summed E-state index contributed by atoms with van der Waals surface area (Å²) in [6, 6.07) is 7.95. The van der Waals surface area contributed by atoms with Crippen molar-refractivity contribution in [1.29, 1.82) is 0 Å². The number of aromatic nitrogens is 2. The molecule has 0 atom stereocenters. The Balaban J connectivity index is 0.000000209. The van der Waals surface area contributed by atoms with Crippen LogP contribution in [0, 0.1) is 6.92 Å². The van der Waals surface area contributed by atoms with Gasteiger partial charge < -0.3 is 0 Å². The van der Waals surface area contributed by atoms with Gasteiger partial charge in [0.25, 0.3) is 0 Å². The van der Waals surface area contributed by atoms with Gasteiger partial charge in [0.2, 0.25) is 0 Å². The summed E-state index contributed by atoms with van der Waals surface area (Å²) in [4.78, 5) is 8.40. The van der Waals surface area contributed by atoms with E-state index in [2.05, 4.69) is 23.8 Å². The van der Waals surface area contributed by atoms with Gasteiger partial charge in [0, 0.05) is 17.3 Å². The van der Waals surface area contributed by atoms with Gasteiger partial charge in [0.15, 0.2) is 5.65 Å². The van der Waals surface area contributed by atoms with Crippen LogP contribution in [0.15, 0.2) is 30.5 Å². The van der Waals surface area contributed by atoms with Gasteiger partial charge in [-0.05, 0) is 31.2 Å². The minimum absolute atomic E-state index is 0.826. The fourth-order valence-electron chi connectivity index (χ4n) is 1.55. The maximum atomic E-state index is 4.26. The fraction of sp³-hybridized carbons (Fsp3) is 0.467. The van der Waals surface area contributed by atoms with E-state index in [0.717, 1.165) is 16.7 Å². The number of unbranched alkanes of at least 4 members (excludes halogenated alkanes) is 3. The first-order valence-corrected chi connectivity index (χ1v) is 6.46. The van der Waals surface area contributed by atoms with Gasteiger partial charge in [0.05, 0.1) is 0 Å². The van der Waals surface area contributed by atoms with Crippen LogP contribution in [0.25, 0.3) is 11.0 Å². The van der Waals surface area contributed by atoms with Gasteiger partial charge in [-0.15, -0.1) is 0 Å². The Kier molecular flexibility index (Phi) is 6.23. The SMILES string of the molecule is CCCCCC.Cc1ccc2cccnc2n1. The Morgan fingerprint density at radius 3 is 2.35 bits per heavy atom. The smallest absolute Gasteiger partial charge is 0.159 e. The van der Waals surface area contributed by atoms with E-state index in [1.807, 2.05) is 31.2 Å². The minimum atomic E-state index is 0.826. The molecule has 17 heavy (non-hydrogen) atoms. The van der Waals surface area contributed by atoms with Crippen molar-refractivity contribution in [3.63, 3.8) is 0 Å². The largest absolute Gasteiger partial charge is 0.237 e. The van der Waals surface area contributed by atoms with Crippen LogP contribution >= 0.6 is 0 Å². The molecule has 0 aliphatic carbocycles. The molecule has 0 unspecified atom stereocenters. The van der Waals surface area contributed by atoms with Gasteiger partial charge >= 0.3 is 0 Å². The average molecular weight is 230 g/mol. The molecule has 0 fully saturated rings. The quantitative estimate of drug-likeness (QED) is 0.724. The Morgan fingerprint density at radius 2 is 1.71 bits per heavy atom. The van der Waals surface area contributed by atoms with Crippen LogP contribution in [0.5, 0.6) is 0 Å². The number of fused-ring (bicyclic) bond motifs is 1. The normalized spacial score (nSPS) is 9.82.